The lowest BCUT2D eigenvalue weighted by Gasteiger charge is -2.35. The number of rotatable bonds is 12. The summed E-state index contributed by atoms with van der Waals surface area (Å²) in [5.74, 6) is -1.37. The maximum atomic E-state index is 14.4. The van der Waals surface area contributed by atoms with Gasteiger partial charge in [-0.3, -0.25) is 14.4 Å². The van der Waals surface area contributed by atoms with Crippen LogP contribution in [0.15, 0.2) is 70.6 Å². The van der Waals surface area contributed by atoms with E-state index in [2.05, 4.69) is 4.98 Å². The molecule has 17 heteroatoms. The molecule has 14 nitrogen and oxygen atoms in total. The maximum absolute atomic E-state index is 14.4. The van der Waals surface area contributed by atoms with E-state index in [1.807, 2.05) is 19.9 Å². The van der Waals surface area contributed by atoms with Crippen molar-refractivity contribution in [1.29, 1.82) is 0 Å². The quantitative estimate of drug-likeness (QED) is 0.196. The molecule has 2 fully saturated rings. The Labute approximate surface area is 303 Å². The first-order valence-corrected chi connectivity index (χ1v) is 19.0. The number of aldehydes is 1. The van der Waals surface area contributed by atoms with Crippen LogP contribution in [0.3, 0.4) is 0 Å². The smallest absolute Gasteiger partial charge is 0.302 e. The fraction of sp³-hybridized carbons (Fsp3) is 0.400. The molecule has 2 saturated heterocycles. The van der Waals surface area contributed by atoms with Crippen molar-refractivity contribution < 1.29 is 41.4 Å². The van der Waals surface area contributed by atoms with E-state index in [0.717, 1.165) is 12.1 Å². The molecule has 3 atom stereocenters. The molecular formula is C35H38FN5O9S2. The third-order valence-electron chi connectivity index (χ3n) is 8.65. The lowest BCUT2D eigenvalue weighted by molar-refractivity contribution is -0.143. The molecule has 276 valence electrons. The van der Waals surface area contributed by atoms with E-state index < -0.39 is 31.8 Å². The van der Waals surface area contributed by atoms with Gasteiger partial charge in [0.1, 0.15) is 25.3 Å². The summed E-state index contributed by atoms with van der Waals surface area (Å²) in [6.45, 7) is 4.82. The van der Waals surface area contributed by atoms with Crippen LogP contribution in [-0.4, -0.2) is 106 Å². The molecule has 4 heterocycles. The second-order valence-electron chi connectivity index (χ2n) is 12.6. The summed E-state index contributed by atoms with van der Waals surface area (Å²) in [5, 5.41) is -1.95. The number of fused-ring (bicyclic) bond motifs is 1. The minimum absolute atomic E-state index is 0.00351. The van der Waals surface area contributed by atoms with E-state index in [1.54, 1.807) is 29.2 Å². The molecule has 6 rings (SSSR count). The Bertz CT molecular complexity index is 2110. The number of hydrogen-bond donors (Lipinski definition) is 0. The number of ether oxygens (including phenoxy) is 3. The van der Waals surface area contributed by atoms with E-state index in [-0.39, 0.29) is 91.7 Å². The lowest BCUT2D eigenvalue weighted by atomic mass is 10.1. The molecule has 2 aromatic carbocycles. The summed E-state index contributed by atoms with van der Waals surface area (Å²) in [6.07, 6.45) is 2.86. The molecule has 52 heavy (non-hydrogen) atoms. The number of thioether (sulfide) groups is 1. The first-order valence-electron chi connectivity index (χ1n) is 16.7. The van der Waals surface area contributed by atoms with Crippen LogP contribution >= 0.6 is 11.8 Å². The van der Waals surface area contributed by atoms with Crippen molar-refractivity contribution in [2.75, 3.05) is 39.4 Å². The zero-order chi connectivity index (χ0) is 37.0. The van der Waals surface area contributed by atoms with Crippen LogP contribution in [-0.2, 0) is 48.7 Å². The van der Waals surface area contributed by atoms with E-state index in [0.29, 0.717) is 36.7 Å². The van der Waals surface area contributed by atoms with Gasteiger partial charge in [0.2, 0.25) is 32.6 Å². The normalized spacial score (nSPS) is 19.0. The topological polar surface area (TPSA) is 159 Å². The van der Waals surface area contributed by atoms with Crippen LogP contribution in [0.1, 0.15) is 35.5 Å². The molecule has 2 aliphatic rings. The molecule has 0 aliphatic carbocycles. The highest BCUT2D eigenvalue weighted by Gasteiger charge is 2.32. The number of carbonyl (C=O) groups excluding carboxylic acids is 3. The fourth-order valence-corrected chi connectivity index (χ4v) is 8.69. The van der Waals surface area contributed by atoms with Gasteiger partial charge in [0, 0.05) is 38.6 Å². The number of hydrogen-bond acceptors (Lipinski definition) is 11. The van der Waals surface area contributed by atoms with Gasteiger partial charge in [-0.25, -0.2) is 22.2 Å². The Balaban J connectivity index is 1.31. The zero-order valence-corrected chi connectivity index (χ0v) is 30.2. The minimum atomic E-state index is -4.16. The molecule has 0 bridgehead atoms. The number of carbonyl (C=O) groups is 3. The maximum Gasteiger partial charge on any atom is 0.302 e. The van der Waals surface area contributed by atoms with Gasteiger partial charge < -0.3 is 28.5 Å². The van der Waals surface area contributed by atoms with Crippen molar-refractivity contribution in [2.24, 2.45) is 0 Å². The van der Waals surface area contributed by atoms with Gasteiger partial charge in [-0.05, 0) is 43.5 Å². The van der Waals surface area contributed by atoms with E-state index >= 15 is 0 Å². The Morgan fingerprint density at radius 2 is 1.79 bits per heavy atom. The molecule has 0 radical (unpaired) electrons. The number of nitrogens with zero attached hydrogens (tertiary/aromatic N) is 5. The molecule has 3 unspecified atom stereocenters. The molecule has 2 aromatic heterocycles. The van der Waals surface area contributed by atoms with Crippen molar-refractivity contribution in [3.05, 3.63) is 93.9 Å². The molecule has 0 N–H and O–H groups in total. The highest BCUT2D eigenvalue weighted by atomic mass is 32.2. The van der Waals surface area contributed by atoms with Gasteiger partial charge in [0.15, 0.2) is 5.69 Å². The lowest BCUT2D eigenvalue weighted by Crippen LogP contribution is -2.49. The van der Waals surface area contributed by atoms with Crippen molar-refractivity contribution in [3.63, 3.8) is 0 Å². The molecule has 4 aromatic rings. The number of halogens is 1. The van der Waals surface area contributed by atoms with Gasteiger partial charge in [-0.1, -0.05) is 48.2 Å². The first-order chi connectivity index (χ1) is 24.9. The van der Waals surface area contributed by atoms with E-state index in [4.69, 9.17) is 14.2 Å². The number of imidazole rings is 1. The standard InChI is InChI=1S/C35H38FN5O9S2/c1-23-18-39(19-24(2)50-23)30(43)20-38-10-11-41-33(44)32(49-22-25-6-4-3-5-7-25)31(37-35(38)41)34(45)51-28(21-42)16-26-8-9-27(36)17-29(26)52(46,47)40-12-14-48-15-13-40/h3-11,17,21,23-24,28H,12-16,18-20,22H2,1-2H3. The van der Waals surface area contributed by atoms with Gasteiger partial charge in [-0.15, -0.1) is 0 Å². The fourth-order valence-electron chi connectivity index (χ4n) is 6.20. The summed E-state index contributed by atoms with van der Waals surface area (Å²) >= 11 is 0.532. The minimum Gasteiger partial charge on any atom is -0.481 e. The van der Waals surface area contributed by atoms with Crippen molar-refractivity contribution in [3.8, 4) is 5.75 Å². The van der Waals surface area contributed by atoms with Crippen LogP contribution in [0.5, 0.6) is 5.75 Å². The Kier molecular flexibility index (Phi) is 11.5. The number of amides is 1. The summed E-state index contributed by atoms with van der Waals surface area (Å²) in [6, 6.07) is 12.2. The summed E-state index contributed by atoms with van der Waals surface area (Å²) in [7, 11) is -4.16. The average Bonchev–Trinajstić information content (AvgIpc) is 3.54. The van der Waals surface area contributed by atoms with Gasteiger partial charge in [-0.2, -0.15) is 4.31 Å². The number of benzene rings is 2. The third kappa shape index (κ3) is 8.28. The molecule has 0 spiro atoms. The Morgan fingerprint density at radius 1 is 1.08 bits per heavy atom. The summed E-state index contributed by atoms with van der Waals surface area (Å²) < 4.78 is 62.2. The molecule has 0 saturated carbocycles. The number of aromatic nitrogens is 3. The van der Waals surface area contributed by atoms with Gasteiger partial charge in [0.05, 0.1) is 35.6 Å². The van der Waals surface area contributed by atoms with E-state index in [9.17, 15) is 32.0 Å². The predicted molar refractivity (Wildman–Crippen MR) is 188 cm³/mol. The molecule has 1 amide bonds. The Morgan fingerprint density at radius 3 is 2.48 bits per heavy atom. The number of sulfonamides is 1. The van der Waals surface area contributed by atoms with Crippen LogP contribution in [0.4, 0.5) is 4.39 Å². The number of morpholine rings is 2. The van der Waals surface area contributed by atoms with Crippen molar-refractivity contribution >= 4 is 44.9 Å². The highest BCUT2D eigenvalue weighted by Crippen LogP contribution is 2.29. The summed E-state index contributed by atoms with van der Waals surface area (Å²) in [4.78, 5) is 59.5. The van der Waals surface area contributed by atoms with Crippen molar-refractivity contribution in [1.82, 2.24) is 23.2 Å². The largest absolute Gasteiger partial charge is 0.481 e. The second-order valence-corrected chi connectivity index (χ2v) is 15.7. The summed E-state index contributed by atoms with van der Waals surface area (Å²) in [5.41, 5.74) is -0.233. The van der Waals surface area contributed by atoms with E-state index in [1.165, 1.54) is 31.7 Å². The van der Waals surface area contributed by atoms with Crippen LogP contribution in [0.25, 0.3) is 5.78 Å². The first kappa shape index (κ1) is 37.3. The van der Waals surface area contributed by atoms with Crippen LogP contribution < -0.4 is 10.3 Å². The predicted octanol–water partition coefficient (Wildman–Crippen LogP) is 2.55. The monoisotopic (exact) mass is 755 g/mol. The SMILES string of the molecule is CC1CN(C(=O)Cn2ccn3c(=O)c(OCc4ccccc4)c(C(=O)SC(C=O)Cc4ccc(F)cc4S(=O)(=O)N4CCOCC4)nc23)CC(C)O1. The van der Waals surface area contributed by atoms with Crippen LogP contribution in [0, 0.1) is 5.82 Å². The third-order valence-corrected chi connectivity index (χ3v) is 11.6. The second kappa shape index (κ2) is 16.1. The van der Waals surface area contributed by atoms with Crippen LogP contribution in [0.2, 0.25) is 0 Å². The van der Waals surface area contributed by atoms with Crippen molar-refractivity contribution in [2.45, 2.75) is 55.8 Å². The zero-order valence-electron chi connectivity index (χ0n) is 28.6. The molecular weight excluding hydrogens is 718 g/mol. The molecule has 2 aliphatic heterocycles. The highest BCUT2D eigenvalue weighted by molar-refractivity contribution is 8.15. The average molecular weight is 756 g/mol. The van der Waals surface area contributed by atoms with Gasteiger partial charge in [0.25, 0.3) is 0 Å². The Hall–Kier alpha value is -4.42. The van der Waals surface area contributed by atoms with Gasteiger partial charge >= 0.3 is 5.56 Å².